The van der Waals surface area contributed by atoms with Gasteiger partial charge < -0.3 is 0 Å². The summed E-state index contributed by atoms with van der Waals surface area (Å²) < 4.78 is 7.26. The van der Waals surface area contributed by atoms with Gasteiger partial charge in [-0.05, 0) is 63.5 Å². The highest BCUT2D eigenvalue weighted by molar-refractivity contribution is 7.26. The zero-order valence-corrected chi connectivity index (χ0v) is 29.9. The second-order valence-corrected chi connectivity index (χ2v) is 15.9. The molecule has 4 heterocycles. The van der Waals surface area contributed by atoms with Crippen LogP contribution < -0.4 is 0 Å². The molecule has 246 valence electrons. The summed E-state index contributed by atoms with van der Waals surface area (Å²) in [7, 11) is 0. The van der Waals surface area contributed by atoms with Gasteiger partial charge >= 0.3 is 0 Å². The summed E-state index contributed by atoms with van der Waals surface area (Å²) in [5.74, 6) is 0.677. The lowest BCUT2D eigenvalue weighted by molar-refractivity contribution is 1.02. The van der Waals surface area contributed by atoms with Crippen LogP contribution >= 0.6 is 22.7 Å². The molecule has 0 spiro atoms. The third-order valence-corrected chi connectivity index (χ3v) is 13.1. The highest BCUT2D eigenvalue weighted by Crippen LogP contribution is 2.45. The molecule has 4 aromatic heterocycles. The molecule has 0 radical (unpaired) electrons. The molecule has 0 bridgehead atoms. The Morgan fingerprint density at radius 1 is 0.434 bits per heavy atom. The molecular formula is C48H27N3S2. The van der Waals surface area contributed by atoms with Crippen LogP contribution in [0.1, 0.15) is 0 Å². The predicted molar refractivity (Wildman–Crippen MR) is 228 cm³/mol. The second-order valence-electron chi connectivity index (χ2n) is 13.7. The maximum absolute atomic E-state index is 5.50. The maximum Gasteiger partial charge on any atom is 0.235 e. The number of nitrogens with zero attached hydrogens (tertiary/aromatic N) is 3. The lowest BCUT2D eigenvalue weighted by Gasteiger charge is -2.13. The molecule has 0 aliphatic heterocycles. The van der Waals surface area contributed by atoms with Crippen molar-refractivity contribution in [1.82, 2.24) is 14.5 Å². The number of rotatable bonds is 3. The Morgan fingerprint density at radius 2 is 1.15 bits per heavy atom. The van der Waals surface area contributed by atoms with Gasteiger partial charge in [0, 0.05) is 52.2 Å². The summed E-state index contributed by atoms with van der Waals surface area (Å²) in [6.45, 7) is 0. The average molecular weight is 710 g/mol. The number of thiophene rings is 2. The van der Waals surface area contributed by atoms with E-state index in [0.29, 0.717) is 5.95 Å². The summed E-state index contributed by atoms with van der Waals surface area (Å²) in [5.41, 5.74) is 7.57. The molecule has 0 atom stereocenters. The molecule has 0 unspecified atom stereocenters. The second kappa shape index (κ2) is 11.1. The van der Waals surface area contributed by atoms with E-state index in [1.807, 2.05) is 11.3 Å². The SMILES string of the molecule is c1ccc(-c2nc(-n3c4cc5ccccc5cc4c4cccc(-c5ccc6sc7ccc8ccccc8c7c6c5)c43)nc3c2sc2ccccc23)cc1. The van der Waals surface area contributed by atoms with Gasteiger partial charge in [0.2, 0.25) is 5.95 Å². The van der Waals surface area contributed by atoms with Gasteiger partial charge in [-0.25, -0.2) is 9.97 Å². The minimum Gasteiger partial charge on any atom is -0.277 e. The summed E-state index contributed by atoms with van der Waals surface area (Å²) in [6.07, 6.45) is 0. The third-order valence-electron chi connectivity index (χ3n) is 10.8. The normalized spacial score (nSPS) is 12.2. The van der Waals surface area contributed by atoms with E-state index in [1.165, 1.54) is 62.8 Å². The van der Waals surface area contributed by atoms with Gasteiger partial charge in [0.05, 0.1) is 26.9 Å². The summed E-state index contributed by atoms with van der Waals surface area (Å²) in [4.78, 5) is 11.0. The molecule has 0 aliphatic carbocycles. The van der Waals surface area contributed by atoms with Gasteiger partial charge in [-0.2, -0.15) is 0 Å². The van der Waals surface area contributed by atoms with Crippen LogP contribution in [-0.4, -0.2) is 14.5 Å². The van der Waals surface area contributed by atoms with E-state index in [4.69, 9.17) is 9.97 Å². The monoisotopic (exact) mass is 709 g/mol. The van der Waals surface area contributed by atoms with E-state index in [-0.39, 0.29) is 0 Å². The molecule has 5 heteroatoms. The van der Waals surface area contributed by atoms with Crippen LogP contribution in [0, 0.1) is 0 Å². The van der Waals surface area contributed by atoms with E-state index >= 15 is 0 Å². The van der Waals surface area contributed by atoms with Crippen LogP contribution in [0.15, 0.2) is 164 Å². The fraction of sp³-hybridized carbons (Fsp3) is 0. The molecule has 53 heavy (non-hydrogen) atoms. The highest BCUT2D eigenvalue weighted by Gasteiger charge is 2.23. The molecule has 0 amide bonds. The van der Waals surface area contributed by atoms with Crippen molar-refractivity contribution in [2.24, 2.45) is 0 Å². The van der Waals surface area contributed by atoms with Crippen molar-refractivity contribution in [1.29, 1.82) is 0 Å². The molecule has 12 aromatic rings. The standard InChI is InChI=1S/C48H27N3S2/c1-2-12-29(13-3-1)44-47-45(36-17-8-9-20-40(36)53-47)50-48(49-44)51-39-27-31-15-5-4-14-30(31)25-37(39)35-19-10-18-34(46(35)51)32-22-23-41-38(26-32)43-33-16-7-6-11-28(33)21-24-42(43)52-41/h1-27H. The van der Waals surface area contributed by atoms with Gasteiger partial charge in [0.1, 0.15) is 0 Å². The fourth-order valence-electron chi connectivity index (χ4n) is 8.38. The molecule has 0 saturated heterocycles. The quantitative estimate of drug-likeness (QED) is 0.183. The van der Waals surface area contributed by atoms with Crippen molar-refractivity contribution in [2.75, 3.05) is 0 Å². The Bertz CT molecular complexity index is 3460. The van der Waals surface area contributed by atoms with E-state index in [1.54, 1.807) is 11.3 Å². The average Bonchev–Trinajstić information content (AvgIpc) is 3.89. The number of benzene rings is 8. The number of hydrogen-bond donors (Lipinski definition) is 0. The van der Waals surface area contributed by atoms with Crippen molar-refractivity contribution in [3.8, 4) is 28.3 Å². The van der Waals surface area contributed by atoms with Gasteiger partial charge in [-0.1, -0.05) is 127 Å². The molecule has 0 saturated carbocycles. The summed E-state index contributed by atoms with van der Waals surface area (Å²) in [6, 6.07) is 59.4. The summed E-state index contributed by atoms with van der Waals surface area (Å²) in [5, 5.41) is 11.1. The molecular weight excluding hydrogens is 683 g/mol. The molecule has 3 nitrogen and oxygen atoms in total. The molecule has 8 aromatic carbocycles. The molecule has 0 aliphatic rings. The van der Waals surface area contributed by atoms with Crippen LogP contribution in [0.3, 0.4) is 0 Å². The first-order chi connectivity index (χ1) is 26.3. The molecule has 0 N–H and O–H groups in total. The zero-order chi connectivity index (χ0) is 34.6. The van der Waals surface area contributed by atoms with Crippen molar-refractivity contribution >= 4 is 106 Å². The highest BCUT2D eigenvalue weighted by atomic mass is 32.1. The van der Waals surface area contributed by atoms with Crippen LogP contribution in [0.2, 0.25) is 0 Å². The van der Waals surface area contributed by atoms with E-state index < -0.39 is 0 Å². The van der Waals surface area contributed by atoms with Crippen LogP contribution in [0.4, 0.5) is 0 Å². The largest absolute Gasteiger partial charge is 0.277 e. The van der Waals surface area contributed by atoms with Crippen LogP contribution in [-0.2, 0) is 0 Å². The summed E-state index contributed by atoms with van der Waals surface area (Å²) >= 11 is 3.64. The minimum atomic E-state index is 0.677. The maximum atomic E-state index is 5.50. The van der Waals surface area contributed by atoms with Gasteiger partial charge in [0.25, 0.3) is 0 Å². The number of fused-ring (bicyclic) bond motifs is 12. The first kappa shape index (κ1) is 29.2. The van der Waals surface area contributed by atoms with Crippen LogP contribution in [0.5, 0.6) is 0 Å². The van der Waals surface area contributed by atoms with E-state index in [0.717, 1.165) is 43.5 Å². The first-order valence-corrected chi connectivity index (χ1v) is 19.5. The van der Waals surface area contributed by atoms with Crippen molar-refractivity contribution in [2.45, 2.75) is 0 Å². The van der Waals surface area contributed by atoms with Crippen molar-refractivity contribution < 1.29 is 0 Å². The van der Waals surface area contributed by atoms with Crippen molar-refractivity contribution in [3.05, 3.63) is 164 Å². The van der Waals surface area contributed by atoms with E-state index in [9.17, 15) is 0 Å². The molecule has 0 fully saturated rings. The van der Waals surface area contributed by atoms with Gasteiger partial charge in [-0.3, -0.25) is 4.57 Å². The van der Waals surface area contributed by atoms with Crippen LogP contribution in [0.25, 0.3) is 112 Å². The smallest absolute Gasteiger partial charge is 0.235 e. The number of aromatic nitrogens is 3. The number of hydrogen-bond acceptors (Lipinski definition) is 4. The predicted octanol–water partition coefficient (Wildman–Crippen LogP) is 13.9. The Morgan fingerprint density at radius 3 is 2.04 bits per heavy atom. The first-order valence-electron chi connectivity index (χ1n) is 17.8. The topological polar surface area (TPSA) is 30.7 Å². The Kier molecular flexibility index (Phi) is 6.09. The third kappa shape index (κ3) is 4.26. The van der Waals surface area contributed by atoms with Crippen molar-refractivity contribution in [3.63, 3.8) is 0 Å². The lowest BCUT2D eigenvalue weighted by atomic mass is 9.98. The van der Waals surface area contributed by atoms with Gasteiger partial charge in [-0.15, -0.1) is 22.7 Å². The Hall–Kier alpha value is -6.40. The van der Waals surface area contributed by atoms with E-state index in [2.05, 4.69) is 168 Å². The van der Waals surface area contributed by atoms with Gasteiger partial charge in [0.15, 0.2) is 0 Å². The number of para-hydroxylation sites is 1. The lowest BCUT2D eigenvalue weighted by Crippen LogP contribution is -2.03. The zero-order valence-electron chi connectivity index (χ0n) is 28.2. The Labute approximate surface area is 311 Å². The Balaban J connectivity index is 1.22. The fourth-order valence-corrected chi connectivity index (χ4v) is 10.6. The molecule has 12 rings (SSSR count). The minimum absolute atomic E-state index is 0.677.